The molecule has 1 aromatic carbocycles. The van der Waals surface area contributed by atoms with E-state index < -0.39 is 24.5 Å². The lowest BCUT2D eigenvalue weighted by Gasteiger charge is -2.36. The van der Waals surface area contributed by atoms with Crippen molar-refractivity contribution in [3.8, 4) is 5.75 Å². The number of fused-ring (bicyclic) bond motifs is 1. The number of hydrogen-bond donors (Lipinski definition) is 1. The number of hydrogen-bond acceptors (Lipinski definition) is 3. The molecule has 1 heterocycles. The third kappa shape index (κ3) is 3.00. The fraction of sp³-hybridized carbons (Fsp3) is 0.556. The summed E-state index contributed by atoms with van der Waals surface area (Å²) in [6, 6.07) is 5.65. The quantitative estimate of drug-likeness (QED) is 0.655. The number of amides is 1. The molecular weight excluding hydrogens is 320 g/mol. The fourth-order valence-electron chi connectivity index (χ4n) is 2.37. The highest BCUT2D eigenvalue weighted by Crippen LogP contribution is 2.37. The third-order valence-electron chi connectivity index (χ3n) is 5.08. The summed E-state index contributed by atoms with van der Waals surface area (Å²) >= 11 is 0. The van der Waals surface area contributed by atoms with Crippen LogP contribution in [0.2, 0.25) is 18.1 Å². The highest BCUT2D eigenvalue weighted by molar-refractivity contribution is 6.74. The normalized spacial score (nSPS) is 20.8. The number of benzene rings is 1. The predicted octanol–water partition coefficient (Wildman–Crippen LogP) is 3.65. The van der Waals surface area contributed by atoms with Crippen LogP contribution in [0.4, 0.5) is 4.79 Å². The summed E-state index contributed by atoms with van der Waals surface area (Å²) in [7, 11) is -1.94. The van der Waals surface area contributed by atoms with E-state index in [-0.39, 0.29) is 5.04 Å². The fourth-order valence-corrected chi connectivity index (χ4v) is 3.39. The van der Waals surface area contributed by atoms with Gasteiger partial charge in [-0.05, 0) is 57.1 Å². The molecule has 0 bridgehead atoms. The van der Waals surface area contributed by atoms with Crippen LogP contribution < -0.4 is 15.0 Å². The molecule has 24 heavy (non-hydrogen) atoms. The minimum atomic E-state index is -1.94. The van der Waals surface area contributed by atoms with Crippen molar-refractivity contribution in [1.29, 1.82) is 0 Å². The van der Waals surface area contributed by atoms with Gasteiger partial charge in [0.15, 0.2) is 0 Å². The molecule has 5 nitrogen and oxygen atoms in total. The van der Waals surface area contributed by atoms with E-state index in [1.54, 1.807) is 6.20 Å². The second-order valence-corrected chi connectivity index (χ2v) is 13.7. The van der Waals surface area contributed by atoms with Crippen LogP contribution in [0.25, 0.3) is 6.20 Å². The molecule has 0 radical (unpaired) electrons. The van der Waals surface area contributed by atoms with Crippen LogP contribution in [0.1, 0.15) is 41.5 Å². The van der Waals surface area contributed by atoms with Crippen LogP contribution in [-0.4, -0.2) is 29.6 Å². The second-order valence-electron chi connectivity index (χ2n) is 8.95. The minimum absolute atomic E-state index is 0.104. The second kappa shape index (κ2) is 5.42. The number of carbonyl (C=O) groups is 1. The first kappa shape index (κ1) is 18.7. The Morgan fingerprint density at radius 1 is 1.17 bits per heavy atom. The van der Waals surface area contributed by atoms with Gasteiger partial charge < -0.3 is 9.53 Å². The van der Waals surface area contributed by atoms with Crippen LogP contribution >= 0.6 is 0 Å². The maximum absolute atomic E-state index is 11.9. The lowest BCUT2D eigenvalue weighted by molar-refractivity contribution is -0.836. The monoisotopic (exact) mass is 349 g/mol. The summed E-state index contributed by atoms with van der Waals surface area (Å²) in [6.45, 7) is 16.6. The van der Waals surface area contributed by atoms with Crippen LogP contribution in [-0.2, 0) is 0 Å². The standard InChI is InChI=1S/C18H28N2O3Si/c1-17(2,3)20(16(21)22)12-13-11-14(9-10-15(13)19-20)23-24(7,8)18(4,5)6/h9-12H,1-8H3/p+1. The van der Waals surface area contributed by atoms with Gasteiger partial charge in [-0.25, -0.2) is 0 Å². The Kier molecular flexibility index (Phi) is 4.22. The van der Waals surface area contributed by atoms with Crippen molar-refractivity contribution in [2.45, 2.75) is 65.2 Å². The molecule has 1 N–H and O–H groups in total. The first-order valence-electron chi connectivity index (χ1n) is 8.24. The average Bonchev–Trinajstić information content (AvgIpc) is 2.76. The van der Waals surface area contributed by atoms with Gasteiger partial charge in [0.2, 0.25) is 8.32 Å². The van der Waals surface area contributed by atoms with Gasteiger partial charge in [-0.2, -0.15) is 4.79 Å². The molecule has 1 amide bonds. The molecule has 0 spiro atoms. The van der Waals surface area contributed by atoms with Crippen LogP contribution in [0.15, 0.2) is 23.3 Å². The summed E-state index contributed by atoms with van der Waals surface area (Å²) in [5.41, 5.74) is -0.578. The number of carboxylic acid groups (broad SMARTS) is 1. The molecule has 2 rings (SSSR count). The maximum Gasteiger partial charge on any atom is 0.546 e. The van der Waals surface area contributed by atoms with Crippen molar-refractivity contribution in [3.05, 3.63) is 28.8 Å². The largest absolute Gasteiger partial charge is 0.546 e. The molecule has 0 fully saturated rings. The van der Waals surface area contributed by atoms with Gasteiger partial charge in [0.05, 0.1) is 5.22 Å². The zero-order chi connectivity index (χ0) is 18.6. The minimum Gasteiger partial charge on any atom is -0.543 e. The van der Waals surface area contributed by atoms with E-state index in [1.807, 2.05) is 39.0 Å². The van der Waals surface area contributed by atoms with E-state index in [0.29, 0.717) is 5.36 Å². The van der Waals surface area contributed by atoms with Gasteiger partial charge in [-0.15, -0.1) is 0 Å². The van der Waals surface area contributed by atoms with Gasteiger partial charge >= 0.3 is 6.09 Å². The van der Waals surface area contributed by atoms with Gasteiger partial charge in [0, 0.05) is 0 Å². The molecule has 1 aliphatic rings. The summed E-state index contributed by atoms with van der Waals surface area (Å²) in [4.78, 5) is 11.9. The zero-order valence-electron chi connectivity index (χ0n) is 16.0. The molecule has 1 aliphatic heterocycles. The van der Waals surface area contributed by atoms with Crippen LogP contribution in [0, 0.1) is 0 Å². The first-order valence-corrected chi connectivity index (χ1v) is 11.1. The highest BCUT2D eigenvalue weighted by atomic mass is 28.4. The molecule has 1 atom stereocenters. The Morgan fingerprint density at radius 2 is 1.75 bits per heavy atom. The molecule has 1 unspecified atom stereocenters. The Balaban J connectivity index is 2.51. The van der Waals surface area contributed by atoms with Crippen LogP contribution in [0.5, 0.6) is 5.75 Å². The summed E-state index contributed by atoms with van der Waals surface area (Å²) in [6.07, 6.45) is 0.724. The SMILES string of the molecule is CC(C)(C)[N+]1(C(=O)O)C=c2cc(O[Si](C)(C)C(C)(C)C)ccc2=N1. The van der Waals surface area contributed by atoms with Gasteiger partial charge in [-0.1, -0.05) is 30.5 Å². The molecular formula is C18H29N2O3Si+. The lowest BCUT2D eigenvalue weighted by Crippen LogP contribution is -2.54. The van der Waals surface area contributed by atoms with E-state index in [0.717, 1.165) is 11.0 Å². The molecule has 0 aromatic heterocycles. The smallest absolute Gasteiger partial charge is 0.543 e. The zero-order valence-corrected chi connectivity index (χ0v) is 17.0. The predicted molar refractivity (Wildman–Crippen MR) is 97.6 cm³/mol. The van der Waals surface area contributed by atoms with Crippen molar-refractivity contribution in [2.24, 2.45) is 5.10 Å². The Labute approximate surface area is 145 Å². The summed E-state index contributed by atoms with van der Waals surface area (Å²) in [5.74, 6) is 0.783. The van der Waals surface area contributed by atoms with Gasteiger partial charge in [0.1, 0.15) is 22.8 Å². The van der Waals surface area contributed by atoms with E-state index in [1.165, 1.54) is 0 Å². The number of nitrogens with zero attached hydrogens (tertiary/aromatic N) is 2. The lowest BCUT2D eigenvalue weighted by atomic mass is 10.1. The molecule has 0 saturated heterocycles. The van der Waals surface area contributed by atoms with Crippen molar-refractivity contribution in [1.82, 2.24) is 0 Å². The molecule has 0 saturated carbocycles. The Bertz CT molecular complexity index is 788. The van der Waals surface area contributed by atoms with E-state index >= 15 is 0 Å². The van der Waals surface area contributed by atoms with Crippen molar-refractivity contribution >= 4 is 20.6 Å². The Morgan fingerprint density at radius 3 is 2.21 bits per heavy atom. The third-order valence-corrected chi connectivity index (χ3v) is 9.44. The average molecular weight is 350 g/mol. The van der Waals surface area contributed by atoms with E-state index in [9.17, 15) is 9.90 Å². The molecule has 6 heteroatoms. The maximum atomic E-state index is 11.9. The topological polar surface area (TPSA) is 58.9 Å². The highest BCUT2D eigenvalue weighted by Gasteiger charge is 2.50. The summed E-state index contributed by atoms with van der Waals surface area (Å²) in [5, 5.41) is 15.8. The Hall–Kier alpha value is -1.66. The van der Waals surface area contributed by atoms with Gasteiger partial charge in [-0.3, -0.25) is 0 Å². The molecule has 1 aromatic rings. The molecule has 132 valence electrons. The van der Waals surface area contributed by atoms with E-state index in [2.05, 4.69) is 39.0 Å². The van der Waals surface area contributed by atoms with Gasteiger partial charge in [0.25, 0.3) is 0 Å². The molecule has 0 aliphatic carbocycles. The van der Waals surface area contributed by atoms with Crippen LogP contribution in [0.3, 0.4) is 0 Å². The number of quaternary nitrogens is 1. The van der Waals surface area contributed by atoms with Crippen molar-refractivity contribution in [3.63, 3.8) is 0 Å². The number of rotatable bonds is 2. The summed E-state index contributed by atoms with van der Waals surface area (Å²) < 4.78 is 5.88. The van der Waals surface area contributed by atoms with Crippen molar-refractivity contribution < 1.29 is 18.9 Å². The first-order chi connectivity index (χ1) is 10.7. The van der Waals surface area contributed by atoms with Crippen molar-refractivity contribution in [2.75, 3.05) is 0 Å². The van der Waals surface area contributed by atoms with E-state index in [4.69, 9.17) is 4.43 Å².